The summed E-state index contributed by atoms with van der Waals surface area (Å²) in [7, 11) is 1.60. The SMILES string of the molecule is COCCNC(=O)CNCc1cccc(C)n1. The lowest BCUT2D eigenvalue weighted by atomic mass is 10.3. The van der Waals surface area contributed by atoms with Crippen LogP contribution in [0.25, 0.3) is 0 Å². The van der Waals surface area contributed by atoms with Crippen molar-refractivity contribution in [3.05, 3.63) is 29.6 Å². The predicted molar refractivity (Wildman–Crippen MR) is 65.6 cm³/mol. The van der Waals surface area contributed by atoms with E-state index in [0.717, 1.165) is 11.4 Å². The molecule has 1 aromatic heterocycles. The van der Waals surface area contributed by atoms with E-state index in [-0.39, 0.29) is 5.91 Å². The molecule has 0 atom stereocenters. The lowest BCUT2D eigenvalue weighted by molar-refractivity contribution is -0.120. The maximum Gasteiger partial charge on any atom is 0.234 e. The molecular formula is C12H19N3O2. The Labute approximate surface area is 102 Å². The van der Waals surface area contributed by atoms with Crippen LogP contribution in [0.1, 0.15) is 11.4 Å². The summed E-state index contributed by atoms with van der Waals surface area (Å²) in [5.41, 5.74) is 1.92. The van der Waals surface area contributed by atoms with Crippen molar-refractivity contribution >= 4 is 5.91 Å². The summed E-state index contributed by atoms with van der Waals surface area (Å²) in [6.45, 7) is 3.91. The second-order valence-corrected chi connectivity index (χ2v) is 3.72. The molecule has 17 heavy (non-hydrogen) atoms. The Bertz CT molecular complexity index is 355. The molecular weight excluding hydrogens is 218 g/mol. The van der Waals surface area contributed by atoms with Crippen LogP contribution in [0.5, 0.6) is 0 Å². The third-order valence-electron chi connectivity index (χ3n) is 2.17. The van der Waals surface area contributed by atoms with Gasteiger partial charge in [-0.2, -0.15) is 0 Å². The molecule has 0 spiro atoms. The van der Waals surface area contributed by atoms with Gasteiger partial charge in [0, 0.05) is 25.9 Å². The molecule has 0 bridgehead atoms. The largest absolute Gasteiger partial charge is 0.383 e. The van der Waals surface area contributed by atoms with E-state index in [2.05, 4.69) is 15.6 Å². The number of aryl methyl sites for hydroxylation is 1. The van der Waals surface area contributed by atoms with Gasteiger partial charge in [0.15, 0.2) is 0 Å². The number of rotatable bonds is 7. The molecule has 0 aliphatic heterocycles. The summed E-state index contributed by atoms with van der Waals surface area (Å²) in [5.74, 6) is -0.0327. The van der Waals surface area contributed by atoms with Gasteiger partial charge in [-0.3, -0.25) is 9.78 Å². The number of amides is 1. The lowest BCUT2D eigenvalue weighted by Gasteiger charge is -2.06. The van der Waals surface area contributed by atoms with Gasteiger partial charge in [0.2, 0.25) is 5.91 Å². The Balaban J connectivity index is 2.17. The third kappa shape index (κ3) is 5.99. The molecule has 1 rings (SSSR count). The second kappa shape index (κ2) is 7.76. The van der Waals surface area contributed by atoms with Gasteiger partial charge in [-0.1, -0.05) is 6.07 Å². The Hall–Kier alpha value is -1.46. The lowest BCUT2D eigenvalue weighted by Crippen LogP contribution is -2.35. The zero-order valence-electron chi connectivity index (χ0n) is 10.3. The summed E-state index contributed by atoms with van der Waals surface area (Å²) >= 11 is 0. The van der Waals surface area contributed by atoms with Crippen molar-refractivity contribution in [2.75, 3.05) is 26.8 Å². The molecule has 0 aliphatic rings. The van der Waals surface area contributed by atoms with E-state index in [9.17, 15) is 4.79 Å². The van der Waals surface area contributed by atoms with Gasteiger partial charge >= 0.3 is 0 Å². The van der Waals surface area contributed by atoms with Gasteiger partial charge in [-0.25, -0.2) is 0 Å². The molecule has 1 amide bonds. The summed E-state index contributed by atoms with van der Waals surface area (Å²) in [4.78, 5) is 15.7. The molecule has 0 saturated heterocycles. The highest BCUT2D eigenvalue weighted by atomic mass is 16.5. The first-order valence-corrected chi connectivity index (χ1v) is 5.61. The molecule has 0 fully saturated rings. The predicted octanol–water partition coefficient (Wildman–Crippen LogP) is 0.242. The number of ether oxygens (including phenoxy) is 1. The van der Waals surface area contributed by atoms with Crippen LogP contribution in [-0.4, -0.2) is 37.7 Å². The average Bonchev–Trinajstić information content (AvgIpc) is 2.29. The van der Waals surface area contributed by atoms with Crippen LogP contribution in [0.2, 0.25) is 0 Å². The molecule has 0 radical (unpaired) electrons. The van der Waals surface area contributed by atoms with Crippen molar-refractivity contribution in [3.63, 3.8) is 0 Å². The van der Waals surface area contributed by atoms with E-state index in [1.54, 1.807) is 7.11 Å². The standard InChI is InChI=1S/C12H19N3O2/c1-10-4-3-5-11(15-10)8-13-9-12(16)14-6-7-17-2/h3-5,13H,6-9H2,1-2H3,(H,14,16). The number of hydrogen-bond donors (Lipinski definition) is 2. The van der Waals surface area contributed by atoms with Crippen LogP contribution >= 0.6 is 0 Å². The van der Waals surface area contributed by atoms with Gasteiger partial charge in [0.05, 0.1) is 18.8 Å². The smallest absolute Gasteiger partial charge is 0.234 e. The van der Waals surface area contributed by atoms with Crippen LogP contribution in [0.15, 0.2) is 18.2 Å². The monoisotopic (exact) mass is 237 g/mol. The van der Waals surface area contributed by atoms with Crippen molar-refractivity contribution in [1.82, 2.24) is 15.6 Å². The average molecular weight is 237 g/mol. The van der Waals surface area contributed by atoms with E-state index in [1.165, 1.54) is 0 Å². The fourth-order valence-electron chi connectivity index (χ4n) is 1.36. The minimum Gasteiger partial charge on any atom is -0.383 e. The van der Waals surface area contributed by atoms with Gasteiger partial charge in [0.1, 0.15) is 0 Å². The van der Waals surface area contributed by atoms with E-state index in [0.29, 0.717) is 26.2 Å². The van der Waals surface area contributed by atoms with E-state index >= 15 is 0 Å². The summed E-state index contributed by atoms with van der Waals surface area (Å²) in [6, 6.07) is 5.84. The number of methoxy groups -OCH3 is 1. The zero-order valence-corrected chi connectivity index (χ0v) is 10.3. The van der Waals surface area contributed by atoms with Crippen molar-refractivity contribution in [2.45, 2.75) is 13.5 Å². The Morgan fingerprint density at radius 1 is 1.47 bits per heavy atom. The molecule has 0 aromatic carbocycles. The van der Waals surface area contributed by atoms with Crippen LogP contribution in [0.3, 0.4) is 0 Å². The highest BCUT2D eigenvalue weighted by Crippen LogP contribution is 1.96. The molecule has 0 saturated carbocycles. The van der Waals surface area contributed by atoms with E-state index < -0.39 is 0 Å². The van der Waals surface area contributed by atoms with Crippen molar-refractivity contribution < 1.29 is 9.53 Å². The number of nitrogens with one attached hydrogen (secondary N) is 2. The van der Waals surface area contributed by atoms with Crippen molar-refractivity contribution in [1.29, 1.82) is 0 Å². The van der Waals surface area contributed by atoms with Gasteiger partial charge in [-0.15, -0.1) is 0 Å². The molecule has 0 unspecified atom stereocenters. The number of nitrogens with zero attached hydrogens (tertiary/aromatic N) is 1. The van der Waals surface area contributed by atoms with Crippen molar-refractivity contribution in [3.8, 4) is 0 Å². The number of aromatic nitrogens is 1. The molecule has 94 valence electrons. The molecule has 2 N–H and O–H groups in total. The number of pyridine rings is 1. The normalized spacial score (nSPS) is 10.2. The fourth-order valence-corrected chi connectivity index (χ4v) is 1.36. The molecule has 5 nitrogen and oxygen atoms in total. The highest BCUT2D eigenvalue weighted by molar-refractivity contribution is 5.77. The molecule has 5 heteroatoms. The molecule has 0 aliphatic carbocycles. The van der Waals surface area contributed by atoms with E-state index in [1.807, 2.05) is 25.1 Å². The topological polar surface area (TPSA) is 63.2 Å². The molecule has 1 aromatic rings. The van der Waals surface area contributed by atoms with Crippen LogP contribution < -0.4 is 10.6 Å². The van der Waals surface area contributed by atoms with Crippen molar-refractivity contribution in [2.24, 2.45) is 0 Å². The molecule has 1 heterocycles. The zero-order chi connectivity index (χ0) is 12.5. The minimum atomic E-state index is -0.0327. The number of carbonyl (C=O) groups excluding carboxylic acids is 1. The summed E-state index contributed by atoms with van der Waals surface area (Å²) < 4.78 is 4.83. The van der Waals surface area contributed by atoms with Gasteiger partial charge in [-0.05, 0) is 19.1 Å². The third-order valence-corrected chi connectivity index (χ3v) is 2.17. The highest BCUT2D eigenvalue weighted by Gasteiger charge is 2.00. The van der Waals surface area contributed by atoms with Gasteiger partial charge < -0.3 is 15.4 Å². The second-order valence-electron chi connectivity index (χ2n) is 3.72. The maximum atomic E-state index is 11.3. The number of carbonyl (C=O) groups is 1. The summed E-state index contributed by atoms with van der Waals surface area (Å²) in [6.07, 6.45) is 0. The van der Waals surface area contributed by atoms with Crippen LogP contribution in [0.4, 0.5) is 0 Å². The van der Waals surface area contributed by atoms with Gasteiger partial charge in [0.25, 0.3) is 0 Å². The Morgan fingerprint density at radius 2 is 2.29 bits per heavy atom. The maximum absolute atomic E-state index is 11.3. The van der Waals surface area contributed by atoms with E-state index in [4.69, 9.17) is 4.74 Å². The first-order chi connectivity index (χ1) is 8.22. The Kier molecular flexibility index (Phi) is 6.21. The first-order valence-electron chi connectivity index (χ1n) is 5.61. The van der Waals surface area contributed by atoms with Crippen LogP contribution in [0, 0.1) is 6.92 Å². The quantitative estimate of drug-likeness (QED) is 0.667. The number of hydrogen-bond acceptors (Lipinski definition) is 4. The Morgan fingerprint density at radius 3 is 3.00 bits per heavy atom. The summed E-state index contributed by atoms with van der Waals surface area (Å²) in [5, 5.41) is 5.77. The fraction of sp³-hybridized carbons (Fsp3) is 0.500. The first kappa shape index (κ1) is 13.6. The van der Waals surface area contributed by atoms with Crippen LogP contribution in [-0.2, 0) is 16.1 Å². The minimum absolute atomic E-state index is 0.0327.